The van der Waals surface area contributed by atoms with Crippen molar-refractivity contribution in [1.29, 1.82) is 0 Å². The minimum absolute atomic E-state index is 0.00448. The molecule has 2 saturated heterocycles. The quantitative estimate of drug-likeness (QED) is 0.450. The maximum absolute atomic E-state index is 14.2. The van der Waals surface area contributed by atoms with Crippen molar-refractivity contribution >= 4 is 40.5 Å². The lowest BCUT2D eigenvalue weighted by Crippen LogP contribution is -2.47. The Morgan fingerprint density at radius 2 is 1.65 bits per heavy atom. The first-order chi connectivity index (χ1) is 19.1. The van der Waals surface area contributed by atoms with Crippen LogP contribution in [0.25, 0.3) is 5.69 Å². The zero-order chi connectivity index (χ0) is 28.6. The van der Waals surface area contributed by atoms with Crippen LogP contribution in [0, 0.1) is 12.7 Å². The fourth-order valence-electron chi connectivity index (χ4n) is 4.90. The van der Waals surface area contributed by atoms with Crippen LogP contribution in [-0.2, 0) is 0 Å². The van der Waals surface area contributed by atoms with Crippen LogP contribution in [0.2, 0.25) is 5.02 Å². The number of hydrogen-bond acceptors (Lipinski definition) is 8. The average Bonchev–Trinajstić information content (AvgIpc) is 3.45. The number of nitrogen functional groups attached to an aromatic ring is 1. The van der Waals surface area contributed by atoms with E-state index in [1.165, 1.54) is 17.7 Å². The van der Waals surface area contributed by atoms with Crippen LogP contribution in [0.4, 0.5) is 21.5 Å². The first-order valence-electron chi connectivity index (χ1n) is 13.2. The largest absolute Gasteiger partial charge is 0.396 e. The Morgan fingerprint density at radius 1 is 1.00 bits per heavy atom. The maximum Gasteiger partial charge on any atom is 0.276 e. The van der Waals surface area contributed by atoms with Gasteiger partial charge in [-0.3, -0.25) is 9.59 Å². The van der Waals surface area contributed by atoms with Crippen molar-refractivity contribution in [1.82, 2.24) is 29.7 Å². The van der Waals surface area contributed by atoms with E-state index in [-0.39, 0.29) is 33.4 Å². The molecule has 5 rings (SSSR count). The van der Waals surface area contributed by atoms with Gasteiger partial charge in [-0.05, 0) is 45.3 Å². The molecule has 2 aromatic carbocycles. The number of aromatic nitrogens is 3. The molecule has 0 aliphatic carbocycles. The maximum atomic E-state index is 14.2. The molecule has 13 heteroatoms. The molecular weight excluding hydrogens is 537 g/mol. The second kappa shape index (κ2) is 11.4. The molecule has 2 fully saturated rings. The number of piperazine rings is 2. The number of rotatable bonds is 5. The standard InChI is InChI=1S/C27H33ClFN9O2/c1-17-24(28)19(15-20(30)25(17)29)26(39)31-21-14-18(4-5-23(21)36-10-6-34(2)7-11-36)38-16-22(32-33-38)27(40)37-12-8-35(3)9-13-37/h4-5,14-16H,6-13,30H2,1-3H3,(H,31,39). The van der Waals surface area contributed by atoms with Gasteiger partial charge in [0, 0.05) is 57.9 Å². The van der Waals surface area contributed by atoms with Gasteiger partial charge in [-0.15, -0.1) is 5.10 Å². The van der Waals surface area contributed by atoms with Gasteiger partial charge in [0.15, 0.2) is 11.5 Å². The van der Waals surface area contributed by atoms with Crippen LogP contribution in [0.5, 0.6) is 0 Å². The second-order valence-electron chi connectivity index (χ2n) is 10.4. The Kier molecular flexibility index (Phi) is 7.92. The molecule has 0 unspecified atom stereocenters. The monoisotopic (exact) mass is 569 g/mol. The van der Waals surface area contributed by atoms with E-state index in [4.69, 9.17) is 17.3 Å². The van der Waals surface area contributed by atoms with Crippen molar-refractivity contribution in [3.05, 3.63) is 58.1 Å². The number of halogens is 2. The highest BCUT2D eigenvalue weighted by Gasteiger charge is 2.25. The summed E-state index contributed by atoms with van der Waals surface area (Å²) < 4.78 is 15.8. The molecular formula is C27H33ClFN9O2. The molecule has 0 spiro atoms. The van der Waals surface area contributed by atoms with E-state index in [0.717, 1.165) is 45.0 Å². The van der Waals surface area contributed by atoms with Gasteiger partial charge in [-0.1, -0.05) is 16.8 Å². The number of benzene rings is 2. The third-order valence-corrected chi connectivity index (χ3v) is 8.02. The summed E-state index contributed by atoms with van der Waals surface area (Å²) in [5, 5.41) is 11.3. The van der Waals surface area contributed by atoms with Crippen molar-refractivity contribution in [3.63, 3.8) is 0 Å². The minimum Gasteiger partial charge on any atom is -0.396 e. The van der Waals surface area contributed by atoms with Crippen molar-refractivity contribution in [2.75, 3.05) is 82.4 Å². The van der Waals surface area contributed by atoms with Crippen LogP contribution >= 0.6 is 11.6 Å². The molecule has 3 N–H and O–H groups in total. The van der Waals surface area contributed by atoms with Crippen LogP contribution in [0.15, 0.2) is 30.5 Å². The summed E-state index contributed by atoms with van der Waals surface area (Å²) in [5.74, 6) is -1.33. The number of amides is 2. The lowest BCUT2D eigenvalue weighted by molar-refractivity contribution is 0.0658. The van der Waals surface area contributed by atoms with Crippen molar-refractivity contribution < 1.29 is 14.0 Å². The second-order valence-corrected chi connectivity index (χ2v) is 10.7. The van der Waals surface area contributed by atoms with Gasteiger partial charge in [0.05, 0.1) is 39.5 Å². The summed E-state index contributed by atoms with van der Waals surface area (Å²) in [6, 6.07) is 6.80. The fourth-order valence-corrected chi connectivity index (χ4v) is 5.12. The number of nitrogens with zero attached hydrogens (tertiary/aromatic N) is 7. The summed E-state index contributed by atoms with van der Waals surface area (Å²) in [4.78, 5) is 34.8. The molecule has 1 aromatic heterocycles. The highest BCUT2D eigenvalue weighted by atomic mass is 35.5. The van der Waals surface area contributed by atoms with E-state index < -0.39 is 11.7 Å². The highest BCUT2D eigenvalue weighted by Crippen LogP contribution is 2.32. The normalized spacial score (nSPS) is 16.8. The van der Waals surface area contributed by atoms with Gasteiger partial charge in [-0.25, -0.2) is 9.07 Å². The fraction of sp³-hybridized carbons (Fsp3) is 0.407. The molecule has 0 bridgehead atoms. The zero-order valence-corrected chi connectivity index (χ0v) is 23.6. The smallest absolute Gasteiger partial charge is 0.276 e. The van der Waals surface area contributed by atoms with Crippen LogP contribution < -0.4 is 16.0 Å². The number of anilines is 3. The number of carbonyl (C=O) groups excluding carboxylic acids is 2. The molecule has 0 saturated carbocycles. The number of carbonyl (C=O) groups is 2. The van der Waals surface area contributed by atoms with Gasteiger partial charge in [0.1, 0.15) is 0 Å². The first kappa shape index (κ1) is 27.8. The van der Waals surface area contributed by atoms with E-state index in [9.17, 15) is 14.0 Å². The topological polar surface area (TPSA) is 116 Å². The molecule has 212 valence electrons. The van der Waals surface area contributed by atoms with Crippen LogP contribution in [0.1, 0.15) is 26.4 Å². The predicted octanol–water partition coefficient (Wildman–Crippen LogP) is 2.34. The Morgan fingerprint density at radius 3 is 2.33 bits per heavy atom. The summed E-state index contributed by atoms with van der Waals surface area (Å²) in [5.41, 5.74) is 8.03. The van der Waals surface area contributed by atoms with Gasteiger partial charge in [0.2, 0.25) is 0 Å². The van der Waals surface area contributed by atoms with E-state index in [2.05, 4.69) is 37.4 Å². The Labute approximate surface area is 237 Å². The van der Waals surface area contributed by atoms with Crippen molar-refractivity contribution in [2.45, 2.75) is 6.92 Å². The Bertz CT molecular complexity index is 1430. The summed E-state index contributed by atoms with van der Waals surface area (Å²) >= 11 is 6.33. The van der Waals surface area contributed by atoms with E-state index in [0.29, 0.717) is 24.5 Å². The Balaban J connectivity index is 1.45. The van der Waals surface area contributed by atoms with Gasteiger partial charge < -0.3 is 30.7 Å². The molecule has 3 heterocycles. The van der Waals surface area contributed by atoms with Crippen LogP contribution in [-0.4, -0.2) is 108 Å². The summed E-state index contributed by atoms with van der Waals surface area (Å²) in [6.45, 7) is 7.64. The highest BCUT2D eigenvalue weighted by molar-refractivity contribution is 6.35. The van der Waals surface area contributed by atoms with E-state index in [1.807, 2.05) is 19.2 Å². The van der Waals surface area contributed by atoms with Crippen molar-refractivity contribution in [3.8, 4) is 5.69 Å². The summed E-state index contributed by atoms with van der Waals surface area (Å²) in [7, 11) is 4.10. The molecule has 40 heavy (non-hydrogen) atoms. The van der Waals surface area contributed by atoms with Crippen molar-refractivity contribution in [2.24, 2.45) is 0 Å². The first-order valence-corrected chi connectivity index (χ1v) is 13.5. The molecule has 2 aliphatic rings. The lowest BCUT2D eigenvalue weighted by Gasteiger charge is -2.35. The number of likely N-dealkylation sites (N-methyl/N-ethyl adjacent to an activating group) is 2. The Hall–Kier alpha value is -3.74. The molecule has 0 atom stereocenters. The third kappa shape index (κ3) is 5.60. The number of hydrogen-bond donors (Lipinski definition) is 2. The summed E-state index contributed by atoms with van der Waals surface area (Å²) in [6.07, 6.45) is 1.60. The zero-order valence-electron chi connectivity index (χ0n) is 22.8. The average molecular weight is 570 g/mol. The molecule has 3 aromatic rings. The van der Waals surface area contributed by atoms with E-state index >= 15 is 0 Å². The van der Waals surface area contributed by atoms with Gasteiger partial charge >= 0.3 is 0 Å². The van der Waals surface area contributed by atoms with E-state index in [1.54, 1.807) is 17.2 Å². The molecule has 11 nitrogen and oxygen atoms in total. The number of nitrogens with one attached hydrogen (secondary N) is 1. The van der Waals surface area contributed by atoms with Crippen LogP contribution in [0.3, 0.4) is 0 Å². The molecule has 0 radical (unpaired) electrons. The van der Waals surface area contributed by atoms with Gasteiger partial charge in [-0.2, -0.15) is 0 Å². The lowest BCUT2D eigenvalue weighted by atomic mass is 10.1. The minimum atomic E-state index is -0.644. The third-order valence-electron chi connectivity index (χ3n) is 7.53. The molecule has 2 aliphatic heterocycles. The predicted molar refractivity (Wildman–Crippen MR) is 153 cm³/mol. The van der Waals surface area contributed by atoms with Gasteiger partial charge in [0.25, 0.3) is 11.8 Å². The SMILES string of the molecule is Cc1c(F)c(N)cc(C(=O)Nc2cc(-n3cc(C(=O)N4CCN(C)CC4)nn3)ccc2N2CCN(C)CC2)c1Cl. The molecule has 2 amide bonds. The number of nitrogens with two attached hydrogens (primary N) is 1.